The summed E-state index contributed by atoms with van der Waals surface area (Å²) in [5.74, 6) is 0.0709. The van der Waals surface area contributed by atoms with Gasteiger partial charge in [-0.05, 0) is 49.9 Å². The summed E-state index contributed by atoms with van der Waals surface area (Å²) in [6.07, 6.45) is 1.79. The number of carbonyl (C=O) groups is 2. The Bertz CT molecular complexity index is 1090. The van der Waals surface area contributed by atoms with Crippen molar-refractivity contribution < 1.29 is 27.5 Å². The van der Waals surface area contributed by atoms with E-state index < -0.39 is 17.6 Å². The Labute approximate surface area is 201 Å². The third-order valence-electron chi connectivity index (χ3n) is 7.13. The van der Waals surface area contributed by atoms with E-state index in [1.165, 1.54) is 29.5 Å². The molecule has 1 spiro atoms. The maximum absolute atomic E-state index is 13.3. The van der Waals surface area contributed by atoms with Gasteiger partial charge in [0.1, 0.15) is 11.4 Å². The molecule has 186 valence electrons. The Hall–Kier alpha value is -3.30. The molecule has 2 saturated heterocycles. The Morgan fingerprint density at radius 1 is 0.971 bits per heavy atom. The fraction of sp³-hybridized carbons (Fsp3) is 0.480. The van der Waals surface area contributed by atoms with Crippen molar-refractivity contribution in [2.75, 3.05) is 42.5 Å². The molecular formula is C25H27F3N4O3. The normalized spacial score (nSPS) is 20.3. The number of benzene rings is 1. The van der Waals surface area contributed by atoms with Crippen molar-refractivity contribution in [2.45, 2.75) is 43.9 Å². The Morgan fingerprint density at radius 2 is 1.69 bits per heavy atom. The standard InChI is InChI=1S/C25H27F3N4O3/c26-25(27,28)20-7-3-2-6-19(20)22(33)31-14-12-30(13-15-31)21-9-8-18(16-29-21)32-17-24(35-23(32)34)10-4-1-5-11-24/h2-3,6-9,16H,1,4-5,10-15,17H2. The van der Waals surface area contributed by atoms with Crippen molar-refractivity contribution in [2.24, 2.45) is 0 Å². The second-order valence-corrected chi connectivity index (χ2v) is 9.39. The van der Waals surface area contributed by atoms with E-state index in [0.29, 0.717) is 31.1 Å². The first-order valence-electron chi connectivity index (χ1n) is 11.9. The number of pyridine rings is 1. The monoisotopic (exact) mass is 488 g/mol. The van der Waals surface area contributed by atoms with Crippen molar-refractivity contribution in [3.63, 3.8) is 0 Å². The summed E-state index contributed by atoms with van der Waals surface area (Å²) >= 11 is 0. The van der Waals surface area contributed by atoms with Gasteiger partial charge in [-0.3, -0.25) is 9.69 Å². The lowest BCUT2D eigenvalue weighted by Crippen LogP contribution is -2.49. The summed E-state index contributed by atoms with van der Waals surface area (Å²) in [6.45, 7) is 2.00. The molecule has 0 atom stereocenters. The molecular weight excluding hydrogens is 461 g/mol. The van der Waals surface area contributed by atoms with Gasteiger partial charge in [0.25, 0.3) is 5.91 Å². The number of amides is 2. The first kappa shape index (κ1) is 23.4. The quantitative estimate of drug-likeness (QED) is 0.626. The molecule has 2 aliphatic heterocycles. The maximum Gasteiger partial charge on any atom is 0.417 e. The van der Waals surface area contributed by atoms with Gasteiger partial charge in [0.05, 0.1) is 29.6 Å². The van der Waals surface area contributed by atoms with E-state index in [4.69, 9.17) is 4.74 Å². The van der Waals surface area contributed by atoms with E-state index in [1.54, 1.807) is 11.1 Å². The summed E-state index contributed by atoms with van der Waals surface area (Å²) < 4.78 is 45.7. The molecule has 5 rings (SSSR count). The fourth-order valence-electron chi connectivity index (χ4n) is 5.23. The zero-order valence-corrected chi connectivity index (χ0v) is 19.3. The number of hydrogen-bond acceptors (Lipinski definition) is 5. The van der Waals surface area contributed by atoms with Crippen LogP contribution >= 0.6 is 0 Å². The van der Waals surface area contributed by atoms with Crippen LogP contribution in [0.15, 0.2) is 42.6 Å². The molecule has 1 aromatic carbocycles. The number of rotatable bonds is 3. The lowest BCUT2D eigenvalue weighted by Gasteiger charge is -2.36. The Kier molecular flexibility index (Phi) is 6.06. The summed E-state index contributed by atoms with van der Waals surface area (Å²) in [5.41, 5.74) is -0.954. The molecule has 0 unspecified atom stereocenters. The van der Waals surface area contributed by atoms with Crippen LogP contribution in [0.2, 0.25) is 0 Å². The fourth-order valence-corrected chi connectivity index (χ4v) is 5.23. The molecule has 0 N–H and O–H groups in total. The van der Waals surface area contributed by atoms with Gasteiger partial charge in [0.2, 0.25) is 0 Å². The highest BCUT2D eigenvalue weighted by atomic mass is 19.4. The zero-order valence-electron chi connectivity index (χ0n) is 19.3. The van der Waals surface area contributed by atoms with E-state index >= 15 is 0 Å². The van der Waals surface area contributed by atoms with E-state index in [1.807, 2.05) is 17.0 Å². The van der Waals surface area contributed by atoms with Crippen LogP contribution in [0.25, 0.3) is 0 Å². The number of piperazine rings is 1. The molecule has 0 radical (unpaired) electrons. The number of ether oxygens (including phenoxy) is 1. The van der Waals surface area contributed by atoms with Crippen LogP contribution in [0.1, 0.15) is 48.0 Å². The van der Waals surface area contributed by atoms with Gasteiger partial charge in [-0.25, -0.2) is 9.78 Å². The topological polar surface area (TPSA) is 66.0 Å². The molecule has 3 aliphatic rings. The van der Waals surface area contributed by atoms with Crippen LogP contribution in [0.4, 0.5) is 29.5 Å². The van der Waals surface area contributed by atoms with Crippen molar-refractivity contribution in [3.05, 3.63) is 53.7 Å². The first-order chi connectivity index (χ1) is 16.8. The second-order valence-electron chi connectivity index (χ2n) is 9.39. The van der Waals surface area contributed by atoms with Gasteiger partial charge in [0, 0.05) is 26.2 Å². The maximum atomic E-state index is 13.3. The SMILES string of the molecule is O=C(c1ccccc1C(F)(F)F)N1CCN(c2ccc(N3CC4(CCCCC4)OC3=O)cn2)CC1. The molecule has 1 aromatic heterocycles. The van der Waals surface area contributed by atoms with Gasteiger partial charge in [-0.1, -0.05) is 18.6 Å². The van der Waals surface area contributed by atoms with Crippen molar-refractivity contribution in [3.8, 4) is 0 Å². The second kappa shape index (κ2) is 9.05. The largest absolute Gasteiger partial charge is 0.441 e. The number of hydrogen-bond donors (Lipinski definition) is 0. The van der Waals surface area contributed by atoms with Gasteiger partial charge < -0.3 is 14.5 Å². The average Bonchev–Trinajstić information content (AvgIpc) is 3.18. The van der Waals surface area contributed by atoms with E-state index in [0.717, 1.165) is 31.7 Å². The Morgan fingerprint density at radius 3 is 2.34 bits per heavy atom. The molecule has 3 heterocycles. The van der Waals surface area contributed by atoms with Crippen molar-refractivity contribution in [1.82, 2.24) is 9.88 Å². The highest BCUT2D eigenvalue weighted by Crippen LogP contribution is 2.39. The minimum absolute atomic E-state index is 0.287. The average molecular weight is 489 g/mol. The van der Waals surface area contributed by atoms with Crippen LogP contribution < -0.4 is 9.80 Å². The summed E-state index contributed by atoms with van der Waals surface area (Å²) in [7, 11) is 0. The van der Waals surface area contributed by atoms with Gasteiger partial charge in [0.15, 0.2) is 0 Å². The summed E-state index contributed by atoms with van der Waals surface area (Å²) in [6, 6.07) is 8.54. The number of halogens is 3. The predicted octanol–water partition coefficient (Wildman–Crippen LogP) is 4.72. The number of alkyl halides is 3. The minimum atomic E-state index is -4.59. The van der Waals surface area contributed by atoms with Gasteiger partial charge in [-0.2, -0.15) is 13.2 Å². The summed E-state index contributed by atoms with van der Waals surface area (Å²) in [5, 5.41) is 0. The lowest BCUT2D eigenvalue weighted by molar-refractivity contribution is -0.138. The molecule has 3 fully saturated rings. The number of aromatic nitrogens is 1. The Balaban J connectivity index is 1.21. The van der Waals surface area contributed by atoms with Crippen LogP contribution in [0, 0.1) is 0 Å². The predicted molar refractivity (Wildman–Crippen MR) is 123 cm³/mol. The lowest BCUT2D eigenvalue weighted by atomic mass is 9.85. The molecule has 1 aliphatic carbocycles. The first-order valence-corrected chi connectivity index (χ1v) is 11.9. The smallest absolute Gasteiger partial charge is 0.417 e. The summed E-state index contributed by atoms with van der Waals surface area (Å²) in [4.78, 5) is 34.9. The molecule has 1 saturated carbocycles. The highest BCUT2D eigenvalue weighted by molar-refractivity contribution is 5.96. The van der Waals surface area contributed by atoms with E-state index in [-0.39, 0.29) is 30.3 Å². The molecule has 35 heavy (non-hydrogen) atoms. The molecule has 0 bridgehead atoms. The van der Waals surface area contributed by atoms with Crippen molar-refractivity contribution in [1.29, 1.82) is 0 Å². The zero-order chi connectivity index (χ0) is 24.6. The molecule has 2 amide bonds. The third kappa shape index (κ3) is 4.66. The number of carbonyl (C=O) groups excluding carboxylic acids is 2. The minimum Gasteiger partial charge on any atom is -0.441 e. The molecule has 7 nitrogen and oxygen atoms in total. The third-order valence-corrected chi connectivity index (χ3v) is 7.13. The highest BCUT2D eigenvalue weighted by Gasteiger charge is 2.46. The van der Waals surface area contributed by atoms with Crippen LogP contribution in [-0.4, -0.2) is 60.2 Å². The number of anilines is 2. The molecule has 2 aromatic rings. The van der Waals surface area contributed by atoms with Gasteiger partial charge >= 0.3 is 12.3 Å². The number of nitrogens with zero attached hydrogens (tertiary/aromatic N) is 4. The van der Waals surface area contributed by atoms with Crippen LogP contribution in [0.3, 0.4) is 0 Å². The van der Waals surface area contributed by atoms with E-state index in [9.17, 15) is 22.8 Å². The molecule has 10 heteroatoms. The van der Waals surface area contributed by atoms with Crippen LogP contribution in [0.5, 0.6) is 0 Å². The van der Waals surface area contributed by atoms with Gasteiger partial charge in [-0.15, -0.1) is 0 Å². The van der Waals surface area contributed by atoms with Crippen LogP contribution in [-0.2, 0) is 10.9 Å². The van der Waals surface area contributed by atoms with E-state index in [2.05, 4.69) is 4.98 Å². The van der Waals surface area contributed by atoms with Crippen molar-refractivity contribution >= 4 is 23.5 Å².